The van der Waals surface area contributed by atoms with Crippen LogP contribution in [-0.4, -0.2) is 21.9 Å². The minimum absolute atomic E-state index is 0.198. The van der Waals surface area contributed by atoms with Crippen LogP contribution in [0.15, 0.2) is 18.2 Å². The van der Waals surface area contributed by atoms with E-state index in [4.69, 9.17) is 33.7 Å². The van der Waals surface area contributed by atoms with Crippen molar-refractivity contribution in [3.8, 4) is 11.7 Å². The highest BCUT2D eigenvalue weighted by Crippen LogP contribution is 2.25. The largest absolute Gasteiger partial charge is 0.466 e. The van der Waals surface area contributed by atoms with Gasteiger partial charge in [0.15, 0.2) is 0 Å². The van der Waals surface area contributed by atoms with Gasteiger partial charge in [0.1, 0.15) is 0 Å². The van der Waals surface area contributed by atoms with Crippen LogP contribution in [0, 0.1) is 0 Å². The first-order valence-corrected chi connectivity index (χ1v) is 5.09. The predicted molar refractivity (Wildman–Crippen MR) is 62.3 cm³/mol. The molecule has 0 bridgehead atoms. The second kappa shape index (κ2) is 4.19. The molecule has 2 rings (SSSR count). The van der Waals surface area contributed by atoms with E-state index >= 15 is 0 Å². The van der Waals surface area contributed by atoms with E-state index in [0.717, 1.165) is 0 Å². The Bertz CT molecular complexity index is 526. The molecule has 1 aromatic carbocycles. The SMILES string of the molecule is COc1nc(N)n(-c2ccc(Cl)c(Cl)c2)n1. The summed E-state index contributed by atoms with van der Waals surface area (Å²) in [5, 5.41) is 4.92. The molecule has 0 spiro atoms. The van der Waals surface area contributed by atoms with Crippen molar-refractivity contribution >= 4 is 29.2 Å². The molecule has 2 aromatic rings. The first kappa shape index (κ1) is 11.0. The Labute approximate surface area is 102 Å². The van der Waals surface area contributed by atoms with Gasteiger partial charge >= 0.3 is 6.01 Å². The number of hydrogen-bond acceptors (Lipinski definition) is 4. The van der Waals surface area contributed by atoms with Crippen LogP contribution in [0.4, 0.5) is 5.95 Å². The summed E-state index contributed by atoms with van der Waals surface area (Å²) in [5.74, 6) is 0.218. The first-order valence-electron chi connectivity index (χ1n) is 4.34. The van der Waals surface area contributed by atoms with E-state index in [-0.39, 0.29) is 12.0 Å². The molecule has 0 amide bonds. The lowest BCUT2D eigenvalue weighted by atomic mass is 10.3. The molecule has 0 fully saturated rings. The zero-order valence-electron chi connectivity index (χ0n) is 8.32. The van der Waals surface area contributed by atoms with Crippen LogP contribution >= 0.6 is 23.2 Å². The summed E-state index contributed by atoms with van der Waals surface area (Å²) in [5.41, 5.74) is 6.34. The lowest BCUT2D eigenvalue weighted by molar-refractivity contribution is 0.380. The molecule has 0 saturated heterocycles. The average Bonchev–Trinajstić information content (AvgIpc) is 2.64. The molecule has 0 unspecified atom stereocenters. The minimum Gasteiger partial charge on any atom is -0.466 e. The van der Waals surface area contributed by atoms with Crippen LogP contribution in [0.3, 0.4) is 0 Å². The Kier molecular flexibility index (Phi) is 2.89. The topological polar surface area (TPSA) is 66.0 Å². The van der Waals surface area contributed by atoms with Crippen molar-refractivity contribution in [3.05, 3.63) is 28.2 Å². The van der Waals surface area contributed by atoms with E-state index in [1.54, 1.807) is 18.2 Å². The molecule has 0 radical (unpaired) electrons. The van der Waals surface area contributed by atoms with Crippen molar-refractivity contribution < 1.29 is 4.74 Å². The molecule has 0 aliphatic heterocycles. The standard InChI is InChI=1S/C9H8Cl2N4O/c1-16-9-13-8(12)15(14-9)5-2-3-6(10)7(11)4-5/h2-4H,1H3,(H2,12,13,14). The molecule has 1 aromatic heterocycles. The van der Waals surface area contributed by atoms with Crippen LogP contribution in [0.25, 0.3) is 5.69 Å². The summed E-state index contributed by atoms with van der Waals surface area (Å²) in [4.78, 5) is 3.89. The summed E-state index contributed by atoms with van der Waals surface area (Å²) in [6, 6.07) is 5.24. The zero-order valence-corrected chi connectivity index (χ0v) is 9.83. The molecule has 84 valence electrons. The van der Waals surface area contributed by atoms with Crippen LogP contribution in [0.1, 0.15) is 0 Å². The van der Waals surface area contributed by atoms with Gasteiger partial charge in [0, 0.05) is 0 Å². The van der Waals surface area contributed by atoms with Crippen LogP contribution in [0.2, 0.25) is 10.0 Å². The van der Waals surface area contributed by atoms with Gasteiger partial charge in [-0.25, -0.2) is 0 Å². The third kappa shape index (κ3) is 1.91. The van der Waals surface area contributed by atoms with Crippen LogP contribution in [0.5, 0.6) is 6.01 Å². The molecule has 0 aliphatic rings. The van der Waals surface area contributed by atoms with Gasteiger partial charge in [0.05, 0.1) is 22.8 Å². The molecule has 7 heteroatoms. The van der Waals surface area contributed by atoms with E-state index < -0.39 is 0 Å². The highest BCUT2D eigenvalue weighted by atomic mass is 35.5. The molecule has 0 aliphatic carbocycles. The number of hydrogen-bond donors (Lipinski definition) is 1. The van der Waals surface area contributed by atoms with Crippen molar-refractivity contribution in [2.24, 2.45) is 0 Å². The molecular weight excluding hydrogens is 251 g/mol. The number of methoxy groups -OCH3 is 1. The number of halogens is 2. The maximum atomic E-state index is 5.89. The number of aromatic nitrogens is 3. The molecule has 0 atom stereocenters. The highest BCUT2D eigenvalue weighted by Gasteiger charge is 2.09. The first-order chi connectivity index (χ1) is 7.61. The summed E-state index contributed by atoms with van der Waals surface area (Å²) in [7, 11) is 1.47. The Morgan fingerprint density at radius 2 is 2.06 bits per heavy atom. The van der Waals surface area contributed by atoms with Crippen molar-refractivity contribution in [2.75, 3.05) is 12.8 Å². The van der Waals surface area contributed by atoms with E-state index in [1.165, 1.54) is 11.8 Å². The smallest absolute Gasteiger partial charge is 0.337 e. The maximum Gasteiger partial charge on any atom is 0.337 e. The highest BCUT2D eigenvalue weighted by molar-refractivity contribution is 6.42. The number of ether oxygens (including phenoxy) is 1. The molecule has 1 heterocycles. The Morgan fingerprint density at radius 3 is 2.62 bits per heavy atom. The van der Waals surface area contributed by atoms with Gasteiger partial charge in [-0.1, -0.05) is 23.2 Å². The molecule has 2 N–H and O–H groups in total. The summed E-state index contributed by atoms with van der Waals surface area (Å²) in [6.07, 6.45) is 0. The molecule has 16 heavy (non-hydrogen) atoms. The lowest BCUT2D eigenvalue weighted by Crippen LogP contribution is -2.02. The fourth-order valence-corrected chi connectivity index (χ4v) is 1.49. The van der Waals surface area contributed by atoms with Gasteiger partial charge < -0.3 is 10.5 Å². The minimum atomic E-state index is 0.198. The van der Waals surface area contributed by atoms with Gasteiger partial charge in [0.25, 0.3) is 0 Å². The molecule has 0 saturated carbocycles. The quantitative estimate of drug-likeness (QED) is 0.897. The van der Waals surface area contributed by atoms with E-state index in [9.17, 15) is 0 Å². The summed E-state index contributed by atoms with van der Waals surface area (Å²) in [6.45, 7) is 0. The Hall–Kier alpha value is -1.46. The maximum absolute atomic E-state index is 5.89. The number of nitrogens with zero attached hydrogens (tertiary/aromatic N) is 3. The average molecular weight is 259 g/mol. The van der Waals surface area contributed by atoms with Gasteiger partial charge in [-0.15, -0.1) is 5.10 Å². The molecular formula is C9H8Cl2N4O. The second-order valence-electron chi connectivity index (χ2n) is 2.97. The van der Waals surface area contributed by atoms with Crippen molar-refractivity contribution in [3.63, 3.8) is 0 Å². The van der Waals surface area contributed by atoms with E-state index in [0.29, 0.717) is 15.7 Å². The van der Waals surface area contributed by atoms with Crippen molar-refractivity contribution in [2.45, 2.75) is 0 Å². The monoisotopic (exact) mass is 258 g/mol. The fraction of sp³-hybridized carbons (Fsp3) is 0.111. The second-order valence-corrected chi connectivity index (χ2v) is 3.78. The number of nitrogens with two attached hydrogens (primary N) is 1. The lowest BCUT2D eigenvalue weighted by Gasteiger charge is -2.03. The van der Waals surface area contributed by atoms with Gasteiger partial charge in [-0.05, 0) is 18.2 Å². The van der Waals surface area contributed by atoms with E-state index in [2.05, 4.69) is 10.1 Å². The van der Waals surface area contributed by atoms with Crippen molar-refractivity contribution in [1.82, 2.24) is 14.8 Å². The number of benzene rings is 1. The third-order valence-electron chi connectivity index (χ3n) is 1.94. The number of nitrogen functional groups attached to an aromatic ring is 1. The fourth-order valence-electron chi connectivity index (χ4n) is 1.20. The van der Waals surface area contributed by atoms with Gasteiger partial charge in [-0.3, -0.25) is 0 Å². The Balaban J connectivity index is 2.49. The Morgan fingerprint density at radius 1 is 1.31 bits per heavy atom. The van der Waals surface area contributed by atoms with Gasteiger partial charge in [-0.2, -0.15) is 9.67 Å². The normalized spacial score (nSPS) is 10.4. The van der Waals surface area contributed by atoms with E-state index in [1.807, 2.05) is 0 Å². The third-order valence-corrected chi connectivity index (χ3v) is 2.68. The van der Waals surface area contributed by atoms with Crippen molar-refractivity contribution in [1.29, 1.82) is 0 Å². The van der Waals surface area contributed by atoms with Gasteiger partial charge in [0.2, 0.25) is 5.95 Å². The summed E-state index contributed by atoms with van der Waals surface area (Å²) < 4.78 is 6.29. The molecule has 5 nitrogen and oxygen atoms in total. The van der Waals surface area contributed by atoms with Crippen LogP contribution < -0.4 is 10.5 Å². The zero-order chi connectivity index (χ0) is 11.7. The van der Waals surface area contributed by atoms with Crippen LogP contribution in [-0.2, 0) is 0 Å². The number of anilines is 1. The summed E-state index contributed by atoms with van der Waals surface area (Å²) >= 11 is 11.7. The predicted octanol–water partition coefficient (Wildman–Crippen LogP) is 2.16. The number of rotatable bonds is 2.